The molecule has 8 nitrogen and oxygen atoms in total. The van der Waals surface area contributed by atoms with Gasteiger partial charge in [-0.1, -0.05) is 19.1 Å². The van der Waals surface area contributed by atoms with Gasteiger partial charge in [0.2, 0.25) is 0 Å². The molecule has 3 unspecified atom stereocenters. The average molecular weight is 506 g/mol. The van der Waals surface area contributed by atoms with E-state index in [0.717, 1.165) is 54.9 Å². The van der Waals surface area contributed by atoms with Gasteiger partial charge in [0.25, 0.3) is 0 Å². The minimum atomic E-state index is 0.244. The molecule has 0 bridgehead atoms. The monoisotopic (exact) mass is 505 g/mol. The second kappa shape index (κ2) is 11.1. The van der Waals surface area contributed by atoms with Crippen molar-refractivity contribution in [1.82, 2.24) is 25.3 Å². The summed E-state index contributed by atoms with van der Waals surface area (Å²) >= 11 is 0. The van der Waals surface area contributed by atoms with Crippen LogP contribution in [0.15, 0.2) is 30.3 Å². The van der Waals surface area contributed by atoms with Crippen LogP contribution in [0.2, 0.25) is 0 Å². The average Bonchev–Trinajstić information content (AvgIpc) is 2.93. The zero-order chi connectivity index (χ0) is 25.2. The van der Waals surface area contributed by atoms with Crippen LogP contribution in [0, 0.1) is 11.8 Å². The van der Waals surface area contributed by atoms with Crippen molar-refractivity contribution in [3.63, 3.8) is 0 Å². The maximum absolute atomic E-state index is 10.3. The molecule has 3 atom stereocenters. The molecule has 6 rings (SSSR count). The predicted octanol–water partition coefficient (Wildman–Crippen LogP) is 3.26. The standard InChI is InChI=1S/C29H43N7O/c1-21-19-34(13-4-5-22-8-11-30-12-9-22)14-10-26(21)35-15-16-36-23(20-35)18-31-29-27(36)17-25(32-33-29)24-6-2-3-7-28(24)37/h2-3,6-7,17,21-23,26,30,37H,4-5,8-16,18-20H2,1H3,(H,31,33). The maximum Gasteiger partial charge on any atom is 0.172 e. The molecule has 1 aromatic heterocycles. The number of aromatic hydroxyl groups is 1. The molecule has 200 valence electrons. The lowest BCUT2D eigenvalue weighted by Gasteiger charge is -2.50. The highest BCUT2D eigenvalue weighted by molar-refractivity contribution is 5.76. The van der Waals surface area contributed by atoms with E-state index >= 15 is 0 Å². The van der Waals surface area contributed by atoms with E-state index in [4.69, 9.17) is 0 Å². The van der Waals surface area contributed by atoms with Crippen molar-refractivity contribution < 1.29 is 5.11 Å². The van der Waals surface area contributed by atoms with E-state index in [2.05, 4.69) is 48.5 Å². The SMILES string of the molecule is CC1CN(CCCC2CCNCC2)CCC1N1CCN2c3cc(-c4ccccc4O)nnc3NCC2C1. The zero-order valence-electron chi connectivity index (χ0n) is 22.3. The van der Waals surface area contributed by atoms with Crippen molar-refractivity contribution in [2.45, 2.75) is 51.1 Å². The minimum Gasteiger partial charge on any atom is -0.507 e. The van der Waals surface area contributed by atoms with Crippen molar-refractivity contribution in [2.24, 2.45) is 11.8 Å². The summed E-state index contributed by atoms with van der Waals surface area (Å²) < 4.78 is 0. The number of likely N-dealkylation sites (tertiary alicyclic amines) is 1. The number of nitrogens with zero attached hydrogens (tertiary/aromatic N) is 5. The van der Waals surface area contributed by atoms with E-state index in [0.29, 0.717) is 18.0 Å². The summed E-state index contributed by atoms with van der Waals surface area (Å²) in [6.07, 6.45) is 6.79. The Kier molecular flexibility index (Phi) is 7.49. The molecule has 2 aromatic rings. The summed E-state index contributed by atoms with van der Waals surface area (Å²) in [6, 6.07) is 10.6. The fraction of sp³-hybridized carbons (Fsp3) is 0.655. The van der Waals surface area contributed by atoms with Gasteiger partial charge in [-0.25, -0.2) is 0 Å². The van der Waals surface area contributed by atoms with Crippen molar-refractivity contribution in [3.05, 3.63) is 30.3 Å². The van der Waals surface area contributed by atoms with Crippen LogP contribution in [0.3, 0.4) is 0 Å². The maximum atomic E-state index is 10.3. The van der Waals surface area contributed by atoms with Crippen LogP contribution in [-0.4, -0.2) is 96.1 Å². The molecule has 37 heavy (non-hydrogen) atoms. The first-order valence-electron chi connectivity index (χ1n) is 14.5. The number of hydrogen-bond donors (Lipinski definition) is 3. The highest BCUT2D eigenvalue weighted by Crippen LogP contribution is 2.37. The number of fused-ring (bicyclic) bond motifs is 3. The molecule has 8 heteroatoms. The second-order valence-electron chi connectivity index (χ2n) is 11.7. The molecule has 4 aliphatic rings. The van der Waals surface area contributed by atoms with Gasteiger partial charge < -0.3 is 25.5 Å². The lowest BCUT2D eigenvalue weighted by atomic mass is 9.90. The first kappa shape index (κ1) is 24.9. The number of benzene rings is 1. The first-order valence-corrected chi connectivity index (χ1v) is 14.5. The predicted molar refractivity (Wildman–Crippen MR) is 149 cm³/mol. The first-order chi connectivity index (χ1) is 18.2. The van der Waals surface area contributed by atoms with E-state index < -0.39 is 0 Å². The van der Waals surface area contributed by atoms with Crippen LogP contribution in [0.25, 0.3) is 11.3 Å². The van der Waals surface area contributed by atoms with Gasteiger partial charge in [0.05, 0.1) is 17.4 Å². The molecule has 3 N–H and O–H groups in total. The zero-order valence-corrected chi connectivity index (χ0v) is 22.3. The Hall–Kier alpha value is -2.42. The van der Waals surface area contributed by atoms with Crippen LogP contribution < -0.4 is 15.5 Å². The largest absolute Gasteiger partial charge is 0.507 e. The smallest absolute Gasteiger partial charge is 0.172 e. The highest BCUT2D eigenvalue weighted by Gasteiger charge is 2.38. The van der Waals surface area contributed by atoms with Gasteiger partial charge in [0.1, 0.15) is 5.75 Å². The van der Waals surface area contributed by atoms with Crippen molar-refractivity contribution in [1.29, 1.82) is 0 Å². The third-order valence-corrected chi connectivity index (χ3v) is 9.24. The molecule has 0 saturated carbocycles. The molecule has 1 aromatic carbocycles. The van der Waals surface area contributed by atoms with Crippen LogP contribution in [0.5, 0.6) is 5.75 Å². The summed E-state index contributed by atoms with van der Waals surface area (Å²) in [5.41, 5.74) is 2.57. The molecule has 0 spiro atoms. The molecule has 0 radical (unpaired) electrons. The quantitative estimate of drug-likeness (QED) is 0.552. The molecular formula is C29H43N7O. The van der Waals surface area contributed by atoms with Gasteiger partial charge in [0, 0.05) is 44.3 Å². The number of aromatic nitrogens is 2. The van der Waals surface area contributed by atoms with E-state index in [1.54, 1.807) is 6.07 Å². The number of piperazine rings is 1. The van der Waals surface area contributed by atoms with E-state index in [-0.39, 0.29) is 5.75 Å². The summed E-state index contributed by atoms with van der Waals surface area (Å²) in [6.45, 7) is 12.8. The minimum absolute atomic E-state index is 0.244. The number of piperidine rings is 2. The normalized spacial score (nSPS) is 27.4. The fourth-order valence-electron chi connectivity index (χ4n) is 7.17. The Labute approximate surface area is 221 Å². The van der Waals surface area contributed by atoms with Gasteiger partial charge in [0.15, 0.2) is 5.82 Å². The Morgan fingerprint density at radius 3 is 2.73 bits per heavy atom. The third kappa shape index (κ3) is 5.42. The van der Waals surface area contributed by atoms with E-state index in [1.165, 1.54) is 64.8 Å². The van der Waals surface area contributed by atoms with E-state index in [1.807, 2.05) is 18.2 Å². The number of para-hydroxylation sites is 1. The lowest BCUT2D eigenvalue weighted by molar-refractivity contribution is 0.0509. The number of nitrogens with one attached hydrogen (secondary N) is 2. The summed E-state index contributed by atoms with van der Waals surface area (Å²) in [4.78, 5) is 8.01. The van der Waals surface area contributed by atoms with Crippen molar-refractivity contribution >= 4 is 11.5 Å². The molecule has 0 aliphatic carbocycles. The van der Waals surface area contributed by atoms with Crippen LogP contribution in [-0.2, 0) is 0 Å². The van der Waals surface area contributed by atoms with Gasteiger partial charge in [-0.2, -0.15) is 0 Å². The van der Waals surface area contributed by atoms with Gasteiger partial charge in [-0.15, -0.1) is 10.2 Å². The summed E-state index contributed by atoms with van der Waals surface area (Å²) in [5.74, 6) is 2.76. The van der Waals surface area contributed by atoms with E-state index in [9.17, 15) is 5.11 Å². The molecule has 4 aliphatic heterocycles. The Balaban J connectivity index is 1.04. The van der Waals surface area contributed by atoms with Crippen molar-refractivity contribution in [3.8, 4) is 17.0 Å². The molecule has 5 heterocycles. The van der Waals surface area contributed by atoms with Gasteiger partial charge in [-0.05, 0) is 88.3 Å². The Morgan fingerprint density at radius 1 is 1.03 bits per heavy atom. The lowest BCUT2D eigenvalue weighted by Crippen LogP contribution is -2.62. The summed E-state index contributed by atoms with van der Waals surface area (Å²) in [5, 5.41) is 26.2. The fourth-order valence-corrected chi connectivity index (χ4v) is 7.17. The second-order valence-corrected chi connectivity index (χ2v) is 11.7. The van der Waals surface area contributed by atoms with Crippen molar-refractivity contribution in [2.75, 3.05) is 69.1 Å². The molecule has 3 saturated heterocycles. The van der Waals surface area contributed by atoms with Crippen LogP contribution >= 0.6 is 0 Å². The molecular weight excluding hydrogens is 462 g/mol. The molecule has 0 amide bonds. The summed E-state index contributed by atoms with van der Waals surface area (Å²) in [7, 11) is 0. The molecule has 3 fully saturated rings. The number of hydrogen-bond acceptors (Lipinski definition) is 8. The topological polar surface area (TPSA) is 79.8 Å². The number of phenols is 1. The number of anilines is 2. The number of phenolic OH excluding ortho intramolecular Hbond substituents is 1. The van der Waals surface area contributed by atoms with Crippen LogP contribution in [0.4, 0.5) is 11.5 Å². The van der Waals surface area contributed by atoms with Gasteiger partial charge in [-0.3, -0.25) is 4.90 Å². The van der Waals surface area contributed by atoms with Crippen LogP contribution in [0.1, 0.15) is 39.0 Å². The highest BCUT2D eigenvalue weighted by atomic mass is 16.3. The Bertz CT molecular complexity index is 1060. The Morgan fingerprint density at radius 2 is 1.89 bits per heavy atom. The van der Waals surface area contributed by atoms with Gasteiger partial charge >= 0.3 is 0 Å². The third-order valence-electron chi connectivity index (χ3n) is 9.24. The number of rotatable bonds is 6.